The molecule has 34 heavy (non-hydrogen) atoms. The molecule has 0 saturated carbocycles. The van der Waals surface area contributed by atoms with Gasteiger partial charge in [0.2, 0.25) is 0 Å². The Morgan fingerprint density at radius 1 is 1.21 bits per heavy atom. The number of likely N-dealkylation sites (tertiary alicyclic amines) is 1. The van der Waals surface area contributed by atoms with E-state index in [0.29, 0.717) is 17.9 Å². The Labute approximate surface area is 200 Å². The maximum atomic E-state index is 13.5. The van der Waals surface area contributed by atoms with Gasteiger partial charge in [-0.3, -0.25) is 4.90 Å². The molecule has 6 heteroatoms. The van der Waals surface area contributed by atoms with Crippen LogP contribution >= 0.6 is 0 Å². The summed E-state index contributed by atoms with van der Waals surface area (Å²) in [6.07, 6.45) is 13.6. The van der Waals surface area contributed by atoms with Crippen molar-refractivity contribution in [2.75, 3.05) is 19.4 Å². The summed E-state index contributed by atoms with van der Waals surface area (Å²) in [5, 5.41) is 0. The summed E-state index contributed by atoms with van der Waals surface area (Å²) in [4.78, 5) is 10.3. The summed E-state index contributed by atoms with van der Waals surface area (Å²) in [7, 11) is 1.81. The number of para-hydroxylation sites is 1. The number of aromatic amines is 1. The monoisotopic (exact) mass is 460 g/mol. The smallest absolute Gasteiger partial charge is 0.198 e. The molecule has 1 aliphatic carbocycles. The quantitative estimate of drug-likeness (QED) is 0.474. The van der Waals surface area contributed by atoms with Crippen LogP contribution in [0.4, 0.5) is 10.3 Å². The summed E-state index contributed by atoms with van der Waals surface area (Å²) in [5.74, 6) is 0.692. The van der Waals surface area contributed by atoms with Crippen molar-refractivity contribution in [2.24, 2.45) is 0 Å². The zero-order valence-electron chi connectivity index (χ0n) is 19.7. The number of fused-ring (bicyclic) bond motifs is 1. The summed E-state index contributed by atoms with van der Waals surface area (Å²) in [6.45, 7) is 1.81. The van der Waals surface area contributed by atoms with E-state index in [-0.39, 0.29) is 11.4 Å². The van der Waals surface area contributed by atoms with E-state index < -0.39 is 0 Å². The molecule has 5 nitrogen and oxygen atoms in total. The lowest BCUT2D eigenvalue weighted by atomic mass is 9.80. The minimum absolute atomic E-state index is 0.190. The third-order valence-electron chi connectivity index (χ3n) is 7.56. The molecule has 1 saturated heterocycles. The third-order valence-corrected chi connectivity index (χ3v) is 7.56. The first-order chi connectivity index (χ1) is 16.5. The number of methoxy groups -OCH3 is 1. The number of halogens is 1. The summed E-state index contributed by atoms with van der Waals surface area (Å²) in [5.41, 5.74) is 10.1. The number of H-pyrrole nitrogens is 1. The molecule has 2 heterocycles. The standard InChI is InChI=1S/C28H33FN4O/c1-34-28(14-3-2-4-15-28)16-12-23-18-21(24-6-5-7-25-26(24)32-27(30)31-25)13-17-33(23)19-20-8-10-22(29)11-9-20/h2-11,14,21,23H,12-13,15-19H2,1H3,(H3,30,31,32). The van der Waals surface area contributed by atoms with Gasteiger partial charge < -0.3 is 15.5 Å². The molecule has 0 radical (unpaired) electrons. The molecule has 2 aliphatic rings. The highest BCUT2D eigenvalue weighted by atomic mass is 19.1. The minimum Gasteiger partial charge on any atom is -0.374 e. The number of hydrogen-bond acceptors (Lipinski definition) is 4. The molecule has 0 spiro atoms. The van der Waals surface area contributed by atoms with Crippen LogP contribution in [0.15, 0.2) is 66.8 Å². The fourth-order valence-electron chi connectivity index (χ4n) is 5.61. The number of nitrogens with zero attached hydrogens (tertiary/aromatic N) is 2. The van der Waals surface area contributed by atoms with Gasteiger partial charge in [-0.05, 0) is 73.9 Å². The van der Waals surface area contributed by atoms with Gasteiger partial charge in [0.25, 0.3) is 0 Å². The first kappa shape index (κ1) is 22.8. The zero-order valence-corrected chi connectivity index (χ0v) is 19.7. The second-order valence-electron chi connectivity index (χ2n) is 9.64. The Hall–Kier alpha value is -2.96. The van der Waals surface area contributed by atoms with Crippen LogP contribution < -0.4 is 5.73 Å². The molecule has 0 bridgehead atoms. The Morgan fingerprint density at radius 2 is 2.06 bits per heavy atom. The molecule has 3 aromatic rings. The van der Waals surface area contributed by atoms with Crippen molar-refractivity contribution in [1.29, 1.82) is 0 Å². The van der Waals surface area contributed by atoms with Crippen LogP contribution in [0.1, 0.15) is 49.1 Å². The number of hydrogen-bond donors (Lipinski definition) is 2. The summed E-state index contributed by atoms with van der Waals surface area (Å²) in [6, 6.07) is 13.6. The SMILES string of the molecule is COC1(CCC2CC(c3cccc4[nH]c(N)nc34)CCN2Cc2ccc(F)cc2)C=CC=CC1. The largest absolute Gasteiger partial charge is 0.374 e. The van der Waals surface area contributed by atoms with Crippen molar-refractivity contribution in [2.45, 2.75) is 56.2 Å². The number of rotatable bonds is 7. The number of nitrogens with one attached hydrogen (secondary N) is 1. The fourth-order valence-corrected chi connectivity index (χ4v) is 5.61. The van der Waals surface area contributed by atoms with Crippen LogP contribution in [0.25, 0.3) is 11.0 Å². The minimum atomic E-state index is -0.236. The Kier molecular flexibility index (Phi) is 6.53. The van der Waals surface area contributed by atoms with Crippen molar-refractivity contribution in [3.63, 3.8) is 0 Å². The lowest BCUT2D eigenvalue weighted by Crippen LogP contribution is -2.43. The number of allylic oxidation sites excluding steroid dienone is 2. The van der Waals surface area contributed by atoms with Gasteiger partial charge in [0.15, 0.2) is 5.95 Å². The van der Waals surface area contributed by atoms with E-state index in [0.717, 1.165) is 61.8 Å². The number of piperidine rings is 1. The van der Waals surface area contributed by atoms with Crippen LogP contribution in [0, 0.1) is 5.82 Å². The molecule has 1 aromatic heterocycles. The van der Waals surface area contributed by atoms with Crippen molar-refractivity contribution in [3.8, 4) is 0 Å². The van der Waals surface area contributed by atoms with Crippen LogP contribution in [-0.2, 0) is 11.3 Å². The zero-order chi connectivity index (χ0) is 23.5. The van der Waals surface area contributed by atoms with Crippen LogP contribution in [0.3, 0.4) is 0 Å². The maximum absolute atomic E-state index is 13.5. The molecule has 2 aromatic carbocycles. The van der Waals surface area contributed by atoms with Gasteiger partial charge in [-0.2, -0.15) is 0 Å². The highest BCUT2D eigenvalue weighted by molar-refractivity contribution is 5.81. The fraction of sp³-hybridized carbons (Fsp3) is 0.393. The molecule has 3 N–H and O–H groups in total. The van der Waals surface area contributed by atoms with Crippen LogP contribution in [-0.4, -0.2) is 40.2 Å². The first-order valence-corrected chi connectivity index (χ1v) is 12.2. The van der Waals surface area contributed by atoms with Gasteiger partial charge in [0, 0.05) is 19.7 Å². The third kappa shape index (κ3) is 4.79. The average molecular weight is 461 g/mol. The van der Waals surface area contributed by atoms with Crippen molar-refractivity contribution in [3.05, 3.63) is 83.7 Å². The molecule has 178 valence electrons. The number of ether oxygens (including phenoxy) is 1. The predicted octanol–water partition coefficient (Wildman–Crippen LogP) is 5.71. The lowest BCUT2D eigenvalue weighted by Gasteiger charge is -2.41. The van der Waals surface area contributed by atoms with Crippen molar-refractivity contribution >= 4 is 17.0 Å². The van der Waals surface area contributed by atoms with E-state index in [4.69, 9.17) is 10.5 Å². The first-order valence-electron chi connectivity index (χ1n) is 12.2. The van der Waals surface area contributed by atoms with Gasteiger partial charge >= 0.3 is 0 Å². The number of nitrogen functional groups attached to an aromatic ring is 1. The Bertz CT molecular complexity index is 1180. The number of imidazole rings is 1. The van der Waals surface area contributed by atoms with Gasteiger partial charge in [-0.1, -0.05) is 48.6 Å². The Morgan fingerprint density at radius 3 is 2.82 bits per heavy atom. The normalized spacial score (nSPS) is 25.2. The lowest BCUT2D eigenvalue weighted by molar-refractivity contribution is 0.0126. The molecule has 1 fully saturated rings. The molecular weight excluding hydrogens is 427 g/mol. The van der Waals surface area contributed by atoms with Gasteiger partial charge in [0.05, 0.1) is 16.6 Å². The van der Waals surface area contributed by atoms with Gasteiger partial charge in [-0.15, -0.1) is 0 Å². The van der Waals surface area contributed by atoms with E-state index in [9.17, 15) is 4.39 Å². The highest BCUT2D eigenvalue weighted by Gasteiger charge is 2.34. The van der Waals surface area contributed by atoms with Gasteiger partial charge in [0.1, 0.15) is 5.82 Å². The topological polar surface area (TPSA) is 67.2 Å². The van der Waals surface area contributed by atoms with Gasteiger partial charge in [-0.25, -0.2) is 9.37 Å². The second-order valence-corrected chi connectivity index (χ2v) is 9.64. The number of nitrogens with two attached hydrogens (primary N) is 1. The highest BCUT2D eigenvalue weighted by Crippen LogP contribution is 2.38. The van der Waals surface area contributed by atoms with E-state index >= 15 is 0 Å². The van der Waals surface area contributed by atoms with Crippen LogP contribution in [0.5, 0.6) is 0 Å². The molecule has 0 amide bonds. The Balaban J connectivity index is 1.38. The molecule has 5 rings (SSSR count). The molecule has 1 aliphatic heterocycles. The molecule has 3 unspecified atom stereocenters. The number of anilines is 1. The van der Waals surface area contributed by atoms with Crippen molar-refractivity contribution < 1.29 is 9.13 Å². The average Bonchev–Trinajstić information content (AvgIpc) is 3.25. The van der Waals surface area contributed by atoms with E-state index in [1.165, 1.54) is 5.56 Å². The van der Waals surface area contributed by atoms with E-state index in [2.05, 4.69) is 51.3 Å². The summed E-state index contributed by atoms with van der Waals surface area (Å²) >= 11 is 0. The number of benzene rings is 2. The molecule has 3 atom stereocenters. The second kappa shape index (κ2) is 9.72. The predicted molar refractivity (Wildman–Crippen MR) is 135 cm³/mol. The van der Waals surface area contributed by atoms with Crippen LogP contribution in [0.2, 0.25) is 0 Å². The maximum Gasteiger partial charge on any atom is 0.198 e. The summed E-state index contributed by atoms with van der Waals surface area (Å²) < 4.78 is 19.4. The van der Waals surface area contributed by atoms with E-state index in [1.54, 1.807) is 12.1 Å². The molecular formula is C28H33FN4O. The van der Waals surface area contributed by atoms with Crippen molar-refractivity contribution in [1.82, 2.24) is 14.9 Å². The number of aromatic nitrogens is 2. The van der Waals surface area contributed by atoms with E-state index in [1.807, 2.05) is 25.3 Å².